The lowest BCUT2D eigenvalue weighted by Crippen LogP contribution is -2.31. The molecule has 0 saturated carbocycles. The van der Waals surface area contributed by atoms with Crippen molar-refractivity contribution >= 4 is 16.6 Å². The molecule has 1 heterocycles. The highest BCUT2D eigenvalue weighted by molar-refractivity contribution is 6.01. The van der Waals surface area contributed by atoms with Crippen molar-refractivity contribution in [2.24, 2.45) is 5.92 Å². The van der Waals surface area contributed by atoms with E-state index in [4.69, 9.17) is 0 Å². The summed E-state index contributed by atoms with van der Waals surface area (Å²) in [7, 11) is 0. The maximum Gasteiger partial charge on any atom is 0.166 e. The van der Waals surface area contributed by atoms with Gasteiger partial charge in [-0.25, -0.2) is 0 Å². The van der Waals surface area contributed by atoms with Gasteiger partial charge in [-0.3, -0.25) is 4.79 Å². The zero-order valence-electron chi connectivity index (χ0n) is 11.3. The molecule has 0 atom stereocenters. The summed E-state index contributed by atoms with van der Waals surface area (Å²) in [5, 5.41) is 5.67. The number of Topliss-reactive ketones (excluding diaryl/α,β-unsaturated/α-hetero) is 1. The van der Waals surface area contributed by atoms with Crippen LogP contribution < -0.4 is 5.32 Å². The highest BCUT2D eigenvalue weighted by atomic mass is 16.1. The molecule has 1 N–H and O–H groups in total. The Morgan fingerprint density at radius 1 is 1.05 bits per heavy atom. The predicted molar refractivity (Wildman–Crippen MR) is 78.6 cm³/mol. The van der Waals surface area contributed by atoms with E-state index in [1.807, 2.05) is 12.1 Å². The smallest absolute Gasteiger partial charge is 0.166 e. The third-order valence-corrected chi connectivity index (χ3v) is 3.99. The number of ketones is 1. The molecule has 1 aliphatic rings. The van der Waals surface area contributed by atoms with Crippen LogP contribution in [0.25, 0.3) is 10.8 Å². The molecular weight excluding hydrogens is 234 g/mol. The second-order valence-electron chi connectivity index (χ2n) is 5.45. The second kappa shape index (κ2) is 5.14. The van der Waals surface area contributed by atoms with Crippen LogP contribution >= 0.6 is 0 Å². The van der Waals surface area contributed by atoms with Crippen LogP contribution in [-0.2, 0) is 0 Å². The zero-order chi connectivity index (χ0) is 13.2. The van der Waals surface area contributed by atoms with Gasteiger partial charge in [0.25, 0.3) is 0 Å². The number of rotatable bonds is 2. The van der Waals surface area contributed by atoms with Gasteiger partial charge >= 0.3 is 0 Å². The molecule has 0 radical (unpaired) electrons. The van der Waals surface area contributed by atoms with Crippen LogP contribution in [0, 0.1) is 12.8 Å². The summed E-state index contributed by atoms with van der Waals surface area (Å²) >= 11 is 0. The van der Waals surface area contributed by atoms with Crippen LogP contribution in [0.1, 0.15) is 28.8 Å². The molecule has 1 aliphatic heterocycles. The number of carbonyl (C=O) groups excluding carboxylic acids is 1. The molecule has 1 saturated heterocycles. The van der Waals surface area contributed by atoms with Crippen molar-refractivity contribution in [3.8, 4) is 0 Å². The lowest BCUT2D eigenvalue weighted by molar-refractivity contribution is 0.0895. The first-order valence-electron chi connectivity index (χ1n) is 6.99. The van der Waals surface area contributed by atoms with E-state index in [0.29, 0.717) is 5.78 Å². The first kappa shape index (κ1) is 12.4. The van der Waals surface area contributed by atoms with Crippen LogP contribution in [0.5, 0.6) is 0 Å². The number of piperidine rings is 1. The summed E-state index contributed by atoms with van der Waals surface area (Å²) in [6, 6.07) is 12.4. The number of aryl methyl sites for hydroxylation is 1. The average molecular weight is 253 g/mol. The molecule has 98 valence electrons. The highest BCUT2D eigenvalue weighted by Gasteiger charge is 2.22. The molecule has 2 aromatic rings. The Balaban J connectivity index is 1.92. The van der Waals surface area contributed by atoms with E-state index >= 15 is 0 Å². The fraction of sp³-hybridized carbons (Fsp3) is 0.353. The Hall–Kier alpha value is -1.67. The summed E-state index contributed by atoms with van der Waals surface area (Å²) in [5.41, 5.74) is 2.12. The quantitative estimate of drug-likeness (QED) is 0.832. The number of hydrogen-bond acceptors (Lipinski definition) is 2. The molecule has 2 nitrogen and oxygen atoms in total. The van der Waals surface area contributed by atoms with Crippen LogP contribution in [0.2, 0.25) is 0 Å². The van der Waals surface area contributed by atoms with Crippen molar-refractivity contribution in [2.75, 3.05) is 13.1 Å². The van der Waals surface area contributed by atoms with Crippen molar-refractivity contribution in [2.45, 2.75) is 19.8 Å². The van der Waals surface area contributed by atoms with Gasteiger partial charge in [-0.1, -0.05) is 35.9 Å². The maximum absolute atomic E-state index is 12.5. The fourth-order valence-electron chi connectivity index (χ4n) is 2.84. The maximum atomic E-state index is 12.5. The first-order valence-corrected chi connectivity index (χ1v) is 6.99. The number of fused-ring (bicyclic) bond motifs is 1. The summed E-state index contributed by atoms with van der Waals surface area (Å²) in [5.74, 6) is 0.508. The van der Waals surface area contributed by atoms with Gasteiger partial charge in [0, 0.05) is 11.5 Å². The Bertz CT molecular complexity index is 612. The second-order valence-corrected chi connectivity index (χ2v) is 5.45. The van der Waals surface area contributed by atoms with Gasteiger partial charge in [0.2, 0.25) is 0 Å². The van der Waals surface area contributed by atoms with Crippen molar-refractivity contribution < 1.29 is 4.79 Å². The van der Waals surface area contributed by atoms with E-state index in [-0.39, 0.29) is 5.92 Å². The van der Waals surface area contributed by atoms with E-state index in [0.717, 1.165) is 36.9 Å². The molecule has 2 aromatic carbocycles. The summed E-state index contributed by atoms with van der Waals surface area (Å²) < 4.78 is 0. The molecule has 0 bridgehead atoms. The van der Waals surface area contributed by atoms with Gasteiger partial charge < -0.3 is 5.32 Å². The van der Waals surface area contributed by atoms with Crippen molar-refractivity contribution in [3.63, 3.8) is 0 Å². The van der Waals surface area contributed by atoms with Gasteiger partial charge in [-0.05, 0) is 49.7 Å². The Morgan fingerprint density at radius 2 is 1.74 bits per heavy atom. The number of carbonyl (C=O) groups is 1. The summed E-state index contributed by atoms with van der Waals surface area (Å²) in [6.45, 7) is 4.01. The molecule has 0 spiro atoms. The zero-order valence-corrected chi connectivity index (χ0v) is 11.3. The predicted octanol–water partition coefficient (Wildman–Crippen LogP) is 3.33. The lowest BCUT2D eigenvalue weighted by Gasteiger charge is -2.21. The molecule has 2 heteroatoms. The monoisotopic (exact) mass is 253 g/mol. The van der Waals surface area contributed by atoms with E-state index in [1.54, 1.807) is 0 Å². The van der Waals surface area contributed by atoms with Gasteiger partial charge in [-0.15, -0.1) is 0 Å². The SMILES string of the molecule is Cc1ccc2cc(C(=O)C3CCNCC3)ccc2c1. The number of benzene rings is 2. The van der Waals surface area contributed by atoms with E-state index < -0.39 is 0 Å². The van der Waals surface area contributed by atoms with Gasteiger partial charge in [0.15, 0.2) is 5.78 Å². The first-order chi connectivity index (χ1) is 9.24. The lowest BCUT2D eigenvalue weighted by atomic mass is 9.89. The van der Waals surface area contributed by atoms with Crippen LogP contribution in [0.4, 0.5) is 0 Å². The highest BCUT2D eigenvalue weighted by Crippen LogP contribution is 2.22. The van der Waals surface area contributed by atoms with Gasteiger partial charge in [-0.2, -0.15) is 0 Å². The fourth-order valence-corrected chi connectivity index (χ4v) is 2.84. The molecule has 3 rings (SSSR count). The molecular formula is C17H19NO. The van der Waals surface area contributed by atoms with E-state index in [1.165, 1.54) is 10.9 Å². The molecule has 0 aromatic heterocycles. The van der Waals surface area contributed by atoms with Gasteiger partial charge in [0.1, 0.15) is 0 Å². The van der Waals surface area contributed by atoms with Gasteiger partial charge in [0.05, 0.1) is 0 Å². The molecule has 19 heavy (non-hydrogen) atoms. The average Bonchev–Trinajstić information content (AvgIpc) is 2.47. The van der Waals surface area contributed by atoms with Crippen molar-refractivity contribution in [1.82, 2.24) is 5.32 Å². The van der Waals surface area contributed by atoms with E-state index in [9.17, 15) is 4.79 Å². The Labute approximate surface area is 113 Å². The topological polar surface area (TPSA) is 29.1 Å². The molecule has 0 aliphatic carbocycles. The minimum Gasteiger partial charge on any atom is -0.317 e. The van der Waals surface area contributed by atoms with E-state index in [2.05, 4.69) is 36.5 Å². The van der Waals surface area contributed by atoms with Crippen LogP contribution in [0.15, 0.2) is 36.4 Å². The standard InChI is InChI=1S/C17H19NO/c1-12-2-3-15-11-16(5-4-14(15)10-12)17(19)13-6-8-18-9-7-13/h2-5,10-11,13,18H,6-9H2,1H3. The normalized spacial score (nSPS) is 16.7. The third kappa shape index (κ3) is 2.54. The Kier molecular flexibility index (Phi) is 3.34. The largest absolute Gasteiger partial charge is 0.317 e. The van der Waals surface area contributed by atoms with Crippen LogP contribution in [-0.4, -0.2) is 18.9 Å². The minimum atomic E-state index is 0.198. The van der Waals surface area contributed by atoms with Crippen LogP contribution in [0.3, 0.4) is 0 Å². The Morgan fingerprint density at radius 3 is 2.53 bits per heavy atom. The third-order valence-electron chi connectivity index (χ3n) is 3.99. The number of nitrogens with one attached hydrogen (secondary N) is 1. The summed E-state index contributed by atoms with van der Waals surface area (Å²) in [4.78, 5) is 12.5. The molecule has 0 unspecified atom stereocenters. The number of hydrogen-bond donors (Lipinski definition) is 1. The molecule has 0 amide bonds. The summed E-state index contributed by atoms with van der Waals surface area (Å²) in [6.07, 6.45) is 1.93. The van der Waals surface area contributed by atoms with Crippen molar-refractivity contribution in [1.29, 1.82) is 0 Å². The minimum absolute atomic E-state index is 0.198. The van der Waals surface area contributed by atoms with Crippen molar-refractivity contribution in [3.05, 3.63) is 47.5 Å². The molecule has 1 fully saturated rings.